The molecule has 0 saturated heterocycles. The summed E-state index contributed by atoms with van der Waals surface area (Å²) in [6.07, 6.45) is 4.40. The number of phenolic OH excluding ortho intramolecular Hbond substituents is 1. The van der Waals surface area contributed by atoms with Gasteiger partial charge in [0.05, 0.1) is 11.1 Å². The molecule has 0 fully saturated rings. The number of carbonyl (C=O) groups is 1. The highest BCUT2D eigenvalue weighted by Gasteiger charge is 2.19. The first-order valence-corrected chi connectivity index (χ1v) is 7.41. The first-order valence-electron chi connectivity index (χ1n) is 7.41. The van der Waals surface area contributed by atoms with Crippen LogP contribution in [0.3, 0.4) is 0 Å². The monoisotopic (exact) mass is 320 g/mol. The summed E-state index contributed by atoms with van der Waals surface area (Å²) in [5.41, 5.74) is 1.89. The summed E-state index contributed by atoms with van der Waals surface area (Å²) in [6.45, 7) is 0. The Morgan fingerprint density at radius 1 is 1.00 bits per heavy atom. The third-order valence-corrected chi connectivity index (χ3v) is 4.02. The van der Waals surface area contributed by atoms with Gasteiger partial charge in [-0.1, -0.05) is 0 Å². The number of halogens is 1. The number of carbonyl (C=O) groups excluding carboxylic acids is 1. The average molecular weight is 320 g/mol. The molecular formula is C19H13FN2O2. The van der Waals surface area contributed by atoms with Crippen LogP contribution >= 0.6 is 0 Å². The molecule has 4 aromatic rings. The molecule has 0 unspecified atom stereocenters. The lowest BCUT2D eigenvalue weighted by Gasteiger charge is -2.12. The molecule has 0 aliphatic heterocycles. The fourth-order valence-electron chi connectivity index (χ4n) is 2.98. The van der Waals surface area contributed by atoms with Crippen LogP contribution in [0.15, 0.2) is 67.0 Å². The number of aldehydes is 1. The predicted octanol–water partition coefficient (Wildman–Crippen LogP) is 4.08. The summed E-state index contributed by atoms with van der Waals surface area (Å²) >= 11 is 0. The lowest BCUT2D eigenvalue weighted by Crippen LogP contribution is -2.04. The molecule has 2 aromatic carbocycles. The molecule has 4 rings (SSSR count). The minimum atomic E-state index is -0.396. The van der Waals surface area contributed by atoms with Crippen LogP contribution in [0.25, 0.3) is 22.4 Å². The largest absolute Gasteiger partial charge is 0.508 e. The highest BCUT2D eigenvalue weighted by Crippen LogP contribution is 2.32. The summed E-state index contributed by atoms with van der Waals surface area (Å²) < 4.78 is 17.4. The molecule has 2 aromatic heterocycles. The Labute approximate surface area is 137 Å². The Kier molecular flexibility index (Phi) is 3.20. The van der Waals surface area contributed by atoms with Gasteiger partial charge in [-0.2, -0.15) is 0 Å². The standard InChI is InChI=1S/C19H13FN2O2/c20-13-3-8-18-16(11-13)17(12-23)19(21-9-1-2-10-21)22(18)14-4-6-15(24)7-5-14/h1-12,24H. The molecule has 1 N–H and O–H groups in total. The van der Waals surface area contributed by atoms with Gasteiger partial charge in [0.1, 0.15) is 17.4 Å². The Bertz CT molecular complexity index is 1030. The van der Waals surface area contributed by atoms with Crippen molar-refractivity contribution in [3.05, 3.63) is 78.4 Å². The van der Waals surface area contributed by atoms with Crippen molar-refractivity contribution >= 4 is 17.2 Å². The zero-order valence-electron chi connectivity index (χ0n) is 12.6. The molecule has 0 aliphatic rings. The van der Waals surface area contributed by atoms with Gasteiger partial charge >= 0.3 is 0 Å². The van der Waals surface area contributed by atoms with Crippen molar-refractivity contribution in [2.45, 2.75) is 0 Å². The number of nitrogens with zero attached hydrogens (tertiary/aromatic N) is 2. The van der Waals surface area contributed by atoms with Crippen molar-refractivity contribution in [3.8, 4) is 17.3 Å². The number of rotatable bonds is 3. The van der Waals surface area contributed by atoms with Gasteiger partial charge in [0.15, 0.2) is 6.29 Å². The van der Waals surface area contributed by atoms with E-state index in [1.54, 1.807) is 30.3 Å². The molecule has 118 valence electrons. The summed E-state index contributed by atoms with van der Waals surface area (Å²) in [6, 6.07) is 14.7. The minimum absolute atomic E-state index is 0.152. The predicted molar refractivity (Wildman–Crippen MR) is 89.6 cm³/mol. The smallest absolute Gasteiger partial charge is 0.154 e. The molecule has 0 aliphatic carbocycles. The Morgan fingerprint density at radius 2 is 1.71 bits per heavy atom. The highest BCUT2D eigenvalue weighted by atomic mass is 19.1. The number of benzene rings is 2. The lowest BCUT2D eigenvalue weighted by molar-refractivity contribution is 0.112. The van der Waals surface area contributed by atoms with Gasteiger partial charge in [-0.25, -0.2) is 4.39 Å². The fraction of sp³-hybridized carbons (Fsp3) is 0. The Hall–Kier alpha value is -3.34. The second-order valence-electron chi connectivity index (χ2n) is 5.46. The van der Waals surface area contributed by atoms with E-state index in [-0.39, 0.29) is 5.75 Å². The van der Waals surface area contributed by atoms with E-state index in [9.17, 15) is 14.3 Å². The van der Waals surface area contributed by atoms with E-state index in [0.29, 0.717) is 22.3 Å². The summed E-state index contributed by atoms with van der Waals surface area (Å²) in [5.74, 6) is 0.383. The first kappa shape index (κ1) is 14.3. The lowest BCUT2D eigenvalue weighted by atomic mass is 10.2. The zero-order chi connectivity index (χ0) is 16.7. The van der Waals surface area contributed by atoms with E-state index in [2.05, 4.69) is 0 Å². The van der Waals surface area contributed by atoms with Crippen LogP contribution in [-0.4, -0.2) is 20.5 Å². The van der Waals surface area contributed by atoms with Gasteiger partial charge in [-0.05, 0) is 54.6 Å². The van der Waals surface area contributed by atoms with Crippen LogP contribution in [0.1, 0.15) is 10.4 Å². The summed E-state index contributed by atoms with van der Waals surface area (Å²) in [4.78, 5) is 11.8. The number of aromatic hydroxyl groups is 1. The molecule has 0 amide bonds. The second kappa shape index (κ2) is 5.38. The first-order chi connectivity index (χ1) is 11.7. The molecule has 0 saturated carbocycles. The molecule has 5 heteroatoms. The van der Waals surface area contributed by atoms with E-state index in [0.717, 1.165) is 12.0 Å². The highest BCUT2D eigenvalue weighted by molar-refractivity contribution is 6.02. The van der Waals surface area contributed by atoms with Crippen LogP contribution in [0.2, 0.25) is 0 Å². The van der Waals surface area contributed by atoms with Gasteiger partial charge in [0, 0.05) is 23.5 Å². The summed E-state index contributed by atoms with van der Waals surface area (Å²) in [5, 5.41) is 10.1. The molecule has 0 atom stereocenters. The molecule has 0 bridgehead atoms. The molecule has 24 heavy (non-hydrogen) atoms. The van der Waals surface area contributed by atoms with E-state index < -0.39 is 5.82 Å². The van der Waals surface area contributed by atoms with Crippen molar-refractivity contribution in [3.63, 3.8) is 0 Å². The molecular weight excluding hydrogens is 307 g/mol. The van der Waals surface area contributed by atoms with Gasteiger partial charge in [-0.15, -0.1) is 0 Å². The van der Waals surface area contributed by atoms with E-state index in [1.165, 1.54) is 12.1 Å². The topological polar surface area (TPSA) is 47.2 Å². The minimum Gasteiger partial charge on any atom is -0.508 e. The van der Waals surface area contributed by atoms with Crippen LogP contribution < -0.4 is 0 Å². The van der Waals surface area contributed by atoms with Gasteiger partial charge in [0.2, 0.25) is 0 Å². The SMILES string of the molecule is O=Cc1c(-n2cccc2)n(-c2ccc(O)cc2)c2ccc(F)cc12. The van der Waals surface area contributed by atoms with Gasteiger partial charge in [0.25, 0.3) is 0 Å². The third kappa shape index (κ3) is 2.10. The van der Waals surface area contributed by atoms with Crippen molar-refractivity contribution in [2.75, 3.05) is 0 Å². The maximum absolute atomic E-state index is 13.7. The summed E-state index contributed by atoms with van der Waals surface area (Å²) in [7, 11) is 0. The molecule has 2 heterocycles. The van der Waals surface area contributed by atoms with Gasteiger partial charge < -0.3 is 9.67 Å². The van der Waals surface area contributed by atoms with Crippen LogP contribution in [0.4, 0.5) is 4.39 Å². The molecule has 0 spiro atoms. The number of hydrogen-bond acceptors (Lipinski definition) is 2. The maximum atomic E-state index is 13.7. The molecule has 0 radical (unpaired) electrons. The zero-order valence-corrected chi connectivity index (χ0v) is 12.6. The molecule has 4 nitrogen and oxygen atoms in total. The number of phenols is 1. The number of fused-ring (bicyclic) bond motifs is 1. The number of hydrogen-bond donors (Lipinski definition) is 1. The van der Waals surface area contributed by atoms with Crippen LogP contribution in [0, 0.1) is 5.82 Å². The van der Waals surface area contributed by atoms with Gasteiger partial charge in [-0.3, -0.25) is 9.36 Å². The Morgan fingerprint density at radius 3 is 2.38 bits per heavy atom. The third-order valence-electron chi connectivity index (χ3n) is 4.02. The van der Waals surface area contributed by atoms with Crippen molar-refractivity contribution in [1.82, 2.24) is 9.13 Å². The normalized spacial score (nSPS) is 11.0. The fourth-order valence-corrected chi connectivity index (χ4v) is 2.98. The van der Waals surface area contributed by atoms with Crippen molar-refractivity contribution in [1.29, 1.82) is 0 Å². The maximum Gasteiger partial charge on any atom is 0.154 e. The van der Waals surface area contributed by atoms with Crippen molar-refractivity contribution < 1.29 is 14.3 Å². The van der Waals surface area contributed by atoms with Crippen molar-refractivity contribution in [2.24, 2.45) is 0 Å². The van der Waals surface area contributed by atoms with Crippen LogP contribution in [0.5, 0.6) is 5.75 Å². The second-order valence-corrected chi connectivity index (χ2v) is 5.46. The van der Waals surface area contributed by atoms with Crippen LogP contribution in [-0.2, 0) is 0 Å². The van der Waals surface area contributed by atoms with E-state index in [1.807, 2.05) is 33.7 Å². The van der Waals surface area contributed by atoms with E-state index >= 15 is 0 Å². The number of aromatic nitrogens is 2. The van der Waals surface area contributed by atoms with E-state index in [4.69, 9.17) is 0 Å². The quantitative estimate of drug-likeness (QED) is 0.578. The Balaban J connectivity index is 2.15. The average Bonchev–Trinajstić information content (AvgIpc) is 3.20.